The molecule has 2 fully saturated rings. The number of likely N-dealkylation sites (tertiary alicyclic amines) is 1. The lowest BCUT2D eigenvalue weighted by atomic mass is 9.84. The molecule has 2 aliphatic rings. The van der Waals surface area contributed by atoms with Gasteiger partial charge in [-0.1, -0.05) is 40.5 Å². The molecule has 180 valence electrons. The van der Waals surface area contributed by atoms with Crippen LogP contribution in [-0.2, 0) is 19.1 Å². The van der Waals surface area contributed by atoms with Crippen LogP contribution in [0, 0.1) is 11.8 Å². The molecular formula is C21H44N2O5S2. The molecule has 3 N–H and O–H groups in total. The van der Waals surface area contributed by atoms with Crippen LogP contribution in [0.2, 0.25) is 0 Å². The van der Waals surface area contributed by atoms with Crippen molar-refractivity contribution >= 4 is 44.8 Å². The molecule has 0 aromatic heterocycles. The Morgan fingerprint density at radius 1 is 1.13 bits per heavy atom. The molecule has 0 bridgehead atoms. The Bertz CT molecular complexity index is 520. The summed E-state index contributed by atoms with van der Waals surface area (Å²) in [4.78, 5) is 35.8. The van der Waals surface area contributed by atoms with Gasteiger partial charge in [-0.25, -0.2) is 4.79 Å². The van der Waals surface area contributed by atoms with E-state index in [2.05, 4.69) is 6.92 Å². The SMILES string of the molecule is C.CCC[C@H](C)C(=O)OCC.C[C@H](N)C(=O)N1[C@H](C(=O)O)C[C@@H]2CCCC[C@@H]21.S.S. The van der Waals surface area contributed by atoms with Gasteiger partial charge in [0.05, 0.1) is 18.6 Å². The monoisotopic (exact) mass is 468 g/mol. The first-order valence-electron chi connectivity index (χ1n) is 10.2. The van der Waals surface area contributed by atoms with Crippen LogP contribution < -0.4 is 5.73 Å². The van der Waals surface area contributed by atoms with Crippen molar-refractivity contribution in [1.29, 1.82) is 0 Å². The van der Waals surface area contributed by atoms with Crippen molar-refractivity contribution in [2.75, 3.05) is 6.61 Å². The van der Waals surface area contributed by atoms with Crippen LogP contribution in [-0.4, -0.2) is 52.6 Å². The summed E-state index contributed by atoms with van der Waals surface area (Å²) in [5.41, 5.74) is 5.62. The average molecular weight is 469 g/mol. The molecule has 1 saturated heterocycles. The molecule has 0 aromatic carbocycles. The Hall–Kier alpha value is -0.930. The molecule has 30 heavy (non-hydrogen) atoms. The van der Waals surface area contributed by atoms with E-state index in [0.29, 0.717) is 18.9 Å². The Morgan fingerprint density at radius 2 is 1.70 bits per heavy atom. The number of rotatable bonds is 6. The zero-order chi connectivity index (χ0) is 20.6. The number of amides is 1. The molecule has 9 heteroatoms. The first-order valence-corrected chi connectivity index (χ1v) is 10.2. The lowest BCUT2D eigenvalue weighted by molar-refractivity contribution is -0.150. The molecule has 0 spiro atoms. The number of hydrogen-bond acceptors (Lipinski definition) is 5. The zero-order valence-electron chi connectivity index (χ0n) is 18.1. The minimum Gasteiger partial charge on any atom is -0.480 e. The maximum absolute atomic E-state index is 12.1. The fourth-order valence-corrected chi connectivity index (χ4v) is 4.07. The molecule has 0 unspecified atom stereocenters. The summed E-state index contributed by atoms with van der Waals surface area (Å²) >= 11 is 0. The molecule has 5 atom stereocenters. The van der Waals surface area contributed by atoms with Crippen molar-refractivity contribution in [3.8, 4) is 0 Å². The van der Waals surface area contributed by atoms with Crippen LogP contribution in [0.15, 0.2) is 0 Å². The van der Waals surface area contributed by atoms with Gasteiger partial charge in [-0.3, -0.25) is 9.59 Å². The quantitative estimate of drug-likeness (QED) is 0.578. The molecule has 0 radical (unpaired) electrons. The third-order valence-electron chi connectivity index (χ3n) is 5.43. The minimum atomic E-state index is -0.895. The number of ether oxygens (including phenoxy) is 1. The molecule has 1 amide bonds. The van der Waals surface area contributed by atoms with Gasteiger partial charge in [-0.15, -0.1) is 0 Å². The van der Waals surface area contributed by atoms with Gasteiger partial charge in [0.15, 0.2) is 0 Å². The molecule has 7 nitrogen and oxygen atoms in total. The highest BCUT2D eigenvalue weighted by atomic mass is 32.1. The number of hydrogen-bond donors (Lipinski definition) is 2. The van der Waals surface area contributed by atoms with Gasteiger partial charge in [-0.05, 0) is 45.4 Å². The normalized spacial score (nSPS) is 23.6. The predicted octanol–water partition coefficient (Wildman–Crippen LogP) is 3.43. The van der Waals surface area contributed by atoms with Gasteiger partial charge < -0.3 is 20.5 Å². The molecule has 1 saturated carbocycles. The second-order valence-corrected chi connectivity index (χ2v) is 7.68. The largest absolute Gasteiger partial charge is 0.480 e. The summed E-state index contributed by atoms with van der Waals surface area (Å²) in [5.74, 6) is -0.748. The first kappa shape index (κ1) is 33.7. The van der Waals surface area contributed by atoms with Gasteiger partial charge in [0.2, 0.25) is 5.91 Å². The smallest absolute Gasteiger partial charge is 0.326 e. The van der Waals surface area contributed by atoms with Gasteiger partial charge >= 0.3 is 11.9 Å². The fraction of sp³-hybridized carbons (Fsp3) is 0.857. The van der Waals surface area contributed by atoms with Crippen molar-refractivity contribution in [2.45, 2.75) is 98.2 Å². The van der Waals surface area contributed by atoms with Crippen LogP contribution in [0.25, 0.3) is 0 Å². The summed E-state index contributed by atoms with van der Waals surface area (Å²) in [6, 6.07) is -1.18. The Labute approximate surface area is 196 Å². The van der Waals surface area contributed by atoms with Gasteiger partial charge in [0.25, 0.3) is 0 Å². The number of carboxylic acid groups (broad SMARTS) is 1. The van der Waals surface area contributed by atoms with Crippen LogP contribution in [0.3, 0.4) is 0 Å². The van der Waals surface area contributed by atoms with Gasteiger partial charge in [-0.2, -0.15) is 27.0 Å². The average Bonchev–Trinajstić information content (AvgIpc) is 3.01. The number of carboxylic acids is 1. The number of nitrogens with two attached hydrogens (primary N) is 1. The zero-order valence-corrected chi connectivity index (χ0v) is 20.1. The topological polar surface area (TPSA) is 110 Å². The third-order valence-corrected chi connectivity index (χ3v) is 5.43. The Kier molecular flexibility index (Phi) is 18.8. The van der Waals surface area contributed by atoms with Crippen molar-refractivity contribution in [2.24, 2.45) is 17.6 Å². The van der Waals surface area contributed by atoms with Crippen LogP contribution in [0.1, 0.15) is 80.1 Å². The van der Waals surface area contributed by atoms with E-state index in [4.69, 9.17) is 10.5 Å². The van der Waals surface area contributed by atoms with E-state index in [1.54, 1.807) is 11.8 Å². The molecule has 1 aliphatic heterocycles. The van der Waals surface area contributed by atoms with E-state index in [-0.39, 0.29) is 58.3 Å². The van der Waals surface area contributed by atoms with E-state index in [1.165, 1.54) is 0 Å². The van der Waals surface area contributed by atoms with Crippen LogP contribution >= 0.6 is 27.0 Å². The predicted molar refractivity (Wildman–Crippen MR) is 130 cm³/mol. The van der Waals surface area contributed by atoms with E-state index < -0.39 is 18.1 Å². The second-order valence-electron chi connectivity index (χ2n) is 7.68. The standard InChI is InChI=1S/C12H20N2O3.C8H16O2.CH4.2H2S/c1-7(13)11(15)14-9-5-3-2-4-8(9)6-10(14)12(16)17;1-4-6-7(3)8(9)10-5-2;;;/h7-10H,2-6,13H2,1H3,(H,16,17);7H,4-6H2,1-3H3;1H4;2*1H2/t7-,8-,9-,10-;7-;;;/m00.../s1. The van der Waals surface area contributed by atoms with Gasteiger partial charge in [0.1, 0.15) is 6.04 Å². The van der Waals surface area contributed by atoms with E-state index in [1.807, 2.05) is 13.8 Å². The van der Waals surface area contributed by atoms with Crippen molar-refractivity contribution in [1.82, 2.24) is 4.90 Å². The highest BCUT2D eigenvalue weighted by molar-refractivity contribution is 7.59. The summed E-state index contributed by atoms with van der Waals surface area (Å²) < 4.78 is 4.82. The van der Waals surface area contributed by atoms with Crippen molar-refractivity contribution < 1.29 is 24.2 Å². The Balaban J connectivity index is -0.000000495. The maximum atomic E-state index is 12.1. The molecular weight excluding hydrogens is 424 g/mol. The fourth-order valence-electron chi connectivity index (χ4n) is 4.07. The number of fused-ring (bicyclic) bond motifs is 1. The first-order chi connectivity index (χ1) is 12.7. The Morgan fingerprint density at radius 3 is 2.17 bits per heavy atom. The summed E-state index contributed by atoms with van der Waals surface area (Å²) in [7, 11) is 0. The maximum Gasteiger partial charge on any atom is 0.326 e. The second kappa shape index (κ2) is 16.7. The number of carbonyl (C=O) groups excluding carboxylic acids is 2. The van der Waals surface area contributed by atoms with E-state index >= 15 is 0 Å². The van der Waals surface area contributed by atoms with E-state index in [0.717, 1.165) is 38.5 Å². The summed E-state index contributed by atoms with van der Waals surface area (Å²) in [6.45, 7) is 7.91. The third kappa shape index (κ3) is 9.47. The lowest BCUT2D eigenvalue weighted by Gasteiger charge is -2.33. The molecule has 1 aliphatic carbocycles. The molecule has 2 rings (SSSR count). The molecule has 0 aromatic rings. The number of esters is 1. The minimum absolute atomic E-state index is 0. The summed E-state index contributed by atoms with van der Waals surface area (Å²) in [5, 5.41) is 9.23. The molecule has 1 heterocycles. The number of nitrogens with zero attached hydrogens (tertiary/aromatic N) is 1. The van der Waals surface area contributed by atoms with Gasteiger partial charge in [0, 0.05) is 6.04 Å². The van der Waals surface area contributed by atoms with Crippen molar-refractivity contribution in [3.63, 3.8) is 0 Å². The van der Waals surface area contributed by atoms with Crippen molar-refractivity contribution in [3.05, 3.63) is 0 Å². The van der Waals surface area contributed by atoms with Crippen LogP contribution in [0.5, 0.6) is 0 Å². The highest BCUT2D eigenvalue weighted by Gasteiger charge is 2.47. The highest BCUT2D eigenvalue weighted by Crippen LogP contribution is 2.39. The number of carbonyl (C=O) groups is 3. The summed E-state index contributed by atoms with van der Waals surface area (Å²) in [6.07, 6.45) is 6.76. The van der Waals surface area contributed by atoms with Crippen LogP contribution in [0.4, 0.5) is 0 Å². The lowest BCUT2D eigenvalue weighted by Crippen LogP contribution is -2.51. The van der Waals surface area contributed by atoms with E-state index in [9.17, 15) is 19.5 Å². The number of aliphatic carboxylic acids is 1.